The van der Waals surface area contributed by atoms with Gasteiger partial charge in [-0.25, -0.2) is 4.39 Å². The van der Waals surface area contributed by atoms with Crippen molar-refractivity contribution in [3.63, 3.8) is 0 Å². The summed E-state index contributed by atoms with van der Waals surface area (Å²) in [7, 11) is 0. The Morgan fingerprint density at radius 1 is 1.53 bits per heavy atom. The van der Waals surface area contributed by atoms with Crippen LogP contribution in [0.3, 0.4) is 0 Å². The summed E-state index contributed by atoms with van der Waals surface area (Å²) in [5, 5.41) is 2.65. The van der Waals surface area contributed by atoms with Gasteiger partial charge in [0, 0.05) is 17.8 Å². The summed E-state index contributed by atoms with van der Waals surface area (Å²) in [5.74, 6) is -0.810. The van der Waals surface area contributed by atoms with E-state index in [1.807, 2.05) is 13.8 Å². The SMILES string of the molecule is Cc1cc(OCC(=O)NC(C)C)c(F)cc1N. The van der Waals surface area contributed by atoms with Crippen LogP contribution in [0.1, 0.15) is 19.4 Å². The van der Waals surface area contributed by atoms with Crippen LogP contribution < -0.4 is 15.8 Å². The van der Waals surface area contributed by atoms with E-state index in [0.717, 1.165) is 0 Å². The molecular weight excluding hydrogens is 223 g/mol. The molecule has 1 amide bonds. The number of hydrogen-bond donors (Lipinski definition) is 2. The lowest BCUT2D eigenvalue weighted by Gasteiger charge is -2.11. The van der Waals surface area contributed by atoms with Crippen LogP contribution in [0, 0.1) is 12.7 Å². The molecule has 1 aromatic rings. The van der Waals surface area contributed by atoms with Crippen LogP contribution in [0.2, 0.25) is 0 Å². The minimum absolute atomic E-state index is 0.0316. The second-order valence-corrected chi connectivity index (χ2v) is 4.15. The number of anilines is 1. The average molecular weight is 240 g/mol. The quantitative estimate of drug-likeness (QED) is 0.786. The molecular formula is C12H17FN2O2. The van der Waals surface area contributed by atoms with E-state index in [1.165, 1.54) is 12.1 Å². The van der Waals surface area contributed by atoms with Crippen LogP contribution in [-0.2, 0) is 4.79 Å². The van der Waals surface area contributed by atoms with Gasteiger partial charge in [0.05, 0.1) is 0 Å². The number of hydrogen-bond acceptors (Lipinski definition) is 3. The molecule has 0 aliphatic rings. The maximum Gasteiger partial charge on any atom is 0.258 e. The standard InChI is InChI=1S/C12H17FN2O2/c1-7(2)15-12(16)6-17-11-4-8(3)10(14)5-9(11)13/h4-5,7H,6,14H2,1-3H3,(H,15,16). The summed E-state index contributed by atoms with van der Waals surface area (Å²) in [6.07, 6.45) is 0. The Labute approximate surface area is 100.0 Å². The van der Waals surface area contributed by atoms with Gasteiger partial charge in [-0.05, 0) is 32.4 Å². The van der Waals surface area contributed by atoms with Crippen molar-refractivity contribution < 1.29 is 13.9 Å². The fourth-order valence-electron chi connectivity index (χ4n) is 1.29. The fourth-order valence-corrected chi connectivity index (χ4v) is 1.29. The van der Waals surface area contributed by atoms with E-state index in [2.05, 4.69) is 5.32 Å². The molecule has 0 unspecified atom stereocenters. The van der Waals surface area contributed by atoms with E-state index in [0.29, 0.717) is 11.3 Å². The van der Waals surface area contributed by atoms with Gasteiger partial charge in [0.25, 0.3) is 5.91 Å². The molecule has 1 aromatic carbocycles. The molecule has 0 saturated heterocycles. The molecule has 17 heavy (non-hydrogen) atoms. The molecule has 5 heteroatoms. The van der Waals surface area contributed by atoms with Crippen molar-refractivity contribution in [1.29, 1.82) is 0 Å². The first kappa shape index (κ1) is 13.3. The zero-order chi connectivity index (χ0) is 13.0. The van der Waals surface area contributed by atoms with Crippen LogP contribution in [0.15, 0.2) is 12.1 Å². The Kier molecular flexibility index (Phi) is 4.31. The van der Waals surface area contributed by atoms with Crippen molar-refractivity contribution in [2.45, 2.75) is 26.8 Å². The van der Waals surface area contributed by atoms with Gasteiger partial charge in [-0.2, -0.15) is 0 Å². The third kappa shape index (κ3) is 3.94. The van der Waals surface area contributed by atoms with Crippen molar-refractivity contribution in [2.75, 3.05) is 12.3 Å². The predicted octanol–water partition coefficient (Wildman–Crippen LogP) is 1.62. The lowest BCUT2D eigenvalue weighted by Crippen LogP contribution is -2.34. The molecule has 0 aromatic heterocycles. The fraction of sp³-hybridized carbons (Fsp3) is 0.417. The molecule has 0 saturated carbocycles. The van der Waals surface area contributed by atoms with Crippen molar-refractivity contribution in [3.8, 4) is 5.75 Å². The monoisotopic (exact) mass is 240 g/mol. The summed E-state index contributed by atoms with van der Waals surface area (Å²) < 4.78 is 18.5. The van der Waals surface area contributed by atoms with Crippen LogP contribution >= 0.6 is 0 Å². The number of nitrogen functional groups attached to an aromatic ring is 1. The summed E-state index contributed by atoms with van der Waals surface area (Å²) in [6, 6.07) is 2.70. The number of halogens is 1. The molecule has 3 N–H and O–H groups in total. The number of aryl methyl sites for hydroxylation is 1. The van der Waals surface area contributed by atoms with Gasteiger partial charge in [-0.1, -0.05) is 0 Å². The summed E-state index contributed by atoms with van der Waals surface area (Å²) in [6.45, 7) is 5.21. The first-order chi connectivity index (χ1) is 7.90. The smallest absolute Gasteiger partial charge is 0.258 e. The molecule has 0 bridgehead atoms. The third-order valence-electron chi connectivity index (χ3n) is 2.13. The first-order valence-electron chi connectivity index (χ1n) is 5.38. The van der Waals surface area contributed by atoms with Crippen LogP contribution in [0.25, 0.3) is 0 Å². The van der Waals surface area contributed by atoms with Gasteiger partial charge in [-0.3, -0.25) is 4.79 Å². The molecule has 0 heterocycles. The number of nitrogens with two attached hydrogens (primary N) is 1. The summed E-state index contributed by atoms with van der Waals surface area (Å²) in [5.41, 5.74) is 6.61. The van der Waals surface area contributed by atoms with E-state index in [9.17, 15) is 9.18 Å². The van der Waals surface area contributed by atoms with Gasteiger partial charge in [-0.15, -0.1) is 0 Å². The molecule has 94 valence electrons. The van der Waals surface area contributed by atoms with Gasteiger partial charge in [0.1, 0.15) is 0 Å². The highest BCUT2D eigenvalue weighted by molar-refractivity contribution is 5.77. The van der Waals surface area contributed by atoms with Gasteiger partial charge in [0.15, 0.2) is 18.2 Å². The maximum atomic E-state index is 13.4. The zero-order valence-corrected chi connectivity index (χ0v) is 10.2. The average Bonchev–Trinajstić information content (AvgIpc) is 2.20. The van der Waals surface area contributed by atoms with Crippen LogP contribution in [0.5, 0.6) is 5.75 Å². The Balaban J connectivity index is 2.63. The molecule has 4 nitrogen and oxygen atoms in total. The lowest BCUT2D eigenvalue weighted by atomic mass is 10.2. The largest absolute Gasteiger partial charge is 0.481 e. The highest BCUT2D eigenvalue weighted by Crippen LogP contribution is 2.23. The highest BCUT2D eigenvalue weighted by Gasteiger charge is 2.09. The molecule has 0 atom stereocenters. The molecule has 0 fully saturated rings. The number of amides is 1. The van der Waals surface area contributed by atoms with Gasteiger partial charge < -0.3 is 15.8 Å². The minimum atomic E-state index is -0.564. The second kappa shape index (κ2) is 5.52. The highest BCUT2D eigenvalue weighted by atomic mass is 19.1. The first-order valence-corrected chi connectivity index (χ1v) is 5.38. The Morgan fingerprint density at radius 2 is 2.18 bits per heavy atom. The molecule has 0 radical (unpaired) electrons. The van der Waals surface area contributed by atoms with E-state index < -0.39 is 5.82 Å². The number of benzene rings is 1. The number of ether oxygens (including phenoxy) is 1. The Morgan fingerprint density at radius 3 is 2.76 bits per heavy atom. The number of rotatable bonds is 4. The summed E-state index contributed by atoms with van der Waals surface area (Å²) >= 11 is 0. The van der Waals surface area contributed by atoms with Crippen molar-refractivity contribution in [1.82, 2.24) is 5.32 Å². The lowest BCUT2D eigenvalue weighted by molar-refractivity contribution is -0.123. The Bertz CT molecular complexity index is 419. The van der Waals surface area contributed by atoms with E-state index in [1.54, 1.807) is 6.92 Å². The van der Waals surface area contributed by atoms with E-state index in [-0.39, 0.29) is 24.3 Å². The summed E-state index contributed by atoms with van der Waals surface area (Å²) in [4.78, 5) is 11.3. The van der Waals surface area contributed by atoms with E-state index in [4.69, 9.17) is 10.5 Å². The second-order valence-electron chi connectivity index (χ2n) is 4.15. The van der Waals surface area contributed by atoms with Gasteiger partial charge in [0.2, 0.25) is 0 Å². The molecule has 1 rings (SSSR count). The van der Waals surface area contributed by atoms with Gasteiger partial charge >= 0.3 is 0 Å². The number of carbonyl (C=O) groups excluding carboxylic acids is 1. The zero-order valence-electron chi connectivity index (χ0n) is 10.2. The van der Waals surface area contributed by atoms with E-state index >= 15 is 0 Å². The number of nitrogens with one attached hydrogen (secondary N) is 1. The predicted molar refractivity (Wildman–Crippen MR) is 64.3 cm³/mol. The molecule has 0 aliphatic carbocycles. The van der Waals surface area contributed by atoms with Crippen LogP contribution in [0.4, 0.5) is 10.1 Å². The maximum absolute atomic E-state index is 13.4. The third-order valence-corrected chi connectivity index (χ3v) is 2.13. The van der Waals surface area contributed by atoms with Crippen LogP contribution in [-0.4, -0.2) is 18.6 Å². The normalized spacial score (nSPS) is 10.4. The van der Waals surface area contributed by atoms with Crippen molar-refractivity contribution >= 4 is 11.6 Å². The minimum Gasteiger partial charge on any atom is -0.481 e. The Hall–Kier alpha value is -1.78. The number of carbonyl (C=O) groups is 1. The molecule has 0 spiro atoms. The molecule has 0 aliphatic heterocycles. The van der Waals surface area contributed by atoms with Crippen molar-refractivity contribution in [3.05, 3.63) is 23.5 Å². The van der Waals surface area contributed by atoms with Crippen molar-refractivity contribution in [2.24, 2.45) is 0 Å². The topological polar surface area (TPSA) is 64.3 Å².